The van der Waals surface area contributed by atoms with E-state index < -0.39 is 5.97 Å². The number of rotatable bonds is 3. The van der Waals surface area contributed by atoms with Crippen molar-refractivity contribution in [3.05, 3.63) is 49.7 Å². The van der Waals surface area contributed by atoms with E-state index in [1.807, 2.05) is 6.07 Å². The van der Waals surface area contributed by atoms with Gasteiger partial charge >= 0.3 is 5.97 Å². The van der Waals surface area contributed by atoms with Gasteiger partial charge in [0.1, 0.15) is 11.3 Å². The van der Waals surface area contributed by atoms with Crippen molar-refractivity contribution in [2.24, 2.45) is 5.92 Å². The number of aromatic nitrogens is 1. The van der Waals surface area contributed by atoms with Gasteiger partial charge in [-0.3, -0.25) is 4.79 Å². The normalized spacial score (nSPS) is 17.1. The minimum Gasteiger partial charge on any atom is -0.492 e. The summed E-state index contributed by atoms with van der Waals surface area (Å²) in [6, 6.07) is 3.77. The Bertz CT molecular complexity index is 993. The third-order valence-electron chi connectivity index (χ3n) is 5.44. The molecule has 0 radical (unpaired) electrons. The summed E-state index contributed by atoms with van der Waals surface area (Å²) in [5.74, 6) is 0.709. The summed E-state index contributed by atoms with van der Waals surface area (Å²) in [7, 11) is 0. The van der Waals surface area contributed by atoms with Crippen LogP contribution in [0.1, 0.15) is 48.3 Å². The first-order valence-corrected chi connectivity index (χ1v) is 10.1. The van der Waals surface area contributed by atoms with Crippen molar-refractivity contribution < 1.29 is 14.3 Å². The van der Waals surface area contributed by atoms with Crippen molar-refractivity contribution in [1.29, 1.82) is 0 Å². The number of benzene rings is 1. The molecule has 4 rings (SSSR count). The van der Waals surface area contributed by atoms with Crippen molar-refractivity contribution in [2.75, 3.05) is 13.2 Å². The first kappa shape index (κ1) is 18.3. The van der Waals surface area contributed by atoms with Gasteiger partial charge in [0.25, 0.3) is 0 Å². The molecular formula is C21H22BrNO4. The molecule has 6 heteroatoms. The lowest BCUT2D eigenvalue weighted by Gasteiger charge is -2.34. The van der Waals surface area contributed by atoms with Gasteiger partial charge in [-0.1, -0.05) is 13.8 Å². The summed E-state index contributed by atoms with van der Waals surface area (Å²) in [6.45, 7) is 7.00. The molecule has 1 aromatic carbocycles. The molecule has 0 fully saturated rings. The Hall–Kier alpha value is -2.08. The largest absolute Gasteiger partial charge is 0.492 e. The third-order valence-corrected chi connectivity index (χ3v) is 6.03. The van der Waals surface area contributed by atoms with Crippen molar-refractivity contribution in [3.8, 4) is 17.0 Å². The lowest BCUT2D eigenvalue weighted by Crippen LogP contribution is -2.29. The van der Waals surface area contributed by atoms with Crippen LogP contribution in [0.5, 0.6) is 5.75 Å². The molecule has 0 unspecified atom stereocenters. The minimum absolute atomic E-state index is 0.0956. The van der Waals surface area contributed by atoms with Crippen LogP contribution < -0.4 is 10.2 Å². The Balaban J connectivity index is 1.96. The predicted molar refractivity (Wildman–Crippen MR) is 107 cm³/mol. The monoisotopic (exact) mass is 431 g/mol. The van der Waals surface area contributed by atoms with Crippen LogP contribution in [-0.2, 0) is 17.6 Å². The molecule has 0 N–H and O–H groups in total. The van der Waals surface area contributed by atoms with Crippen LogP contribution in [0.15, 0.2) is 27.6 Å². The minimum atomic E-state index is -0.561. The molecule has 0 spiro atoms. The second-order valence-corrected chi connectivity index (χ2v) is 8.22. The van der Waals surface area contributed by atoms with Crippen molar-refractivity contribution >= 4 is 21.9 Å². The quantitative estimate of drug-likeness (QED) is 0.685. The molecule has 3 heterocycles. The molecular weight excluding hydrogens is 410 g/mol. The fourth-order valence-electron chi connectivity index (χ4n) is 4.13. The molecule has 0 bridgehead atoms. The first-order valence-electron chi connectivity index (χ1n) is 9.33. The highest BCUT2D eigenvalue weighted by molar-refractivity contribution is 9.10. The fourth-order valence-corrected chi connectivity index (χ4v) is 4.71. The van der Waals surface area contributed by atoms with Gasteiger partial charge < -0.3 is 14.0 Å². The zero-order valence-corrected chi connectivity index (χ0v) is 17.3. The smallest absolute Gasteiger partial charge is 0.343 e. The average molecular weight is 432 g/mol. The maximum Gasteiger partial charge on any atom is 0.343 e. The second kappa shape index (κ2) is 6.82. The van der Waals surface area contributed by atoms with E-state index in [-0.39, 0.29) is 23.6 Å². The maximum absolute atomic E-state index is 12.7. The molecule has 2 aromatic rings. The molecule has 5 nitrogen and oxygen atoms in total. The van der Waals surface area contributed by atoms with Crippen molar-refractivity contribution in [2.45, 2.75) is 39.7 Å². The molecule has 27 heavy (non-hydrogen) atoms. The van der Waals surface area contributed by atoms with E-state index in [4.69, 9.17) is 9.47 Å². The topological polar surface area (TPSA) is 57.5 Å². The van der Waals surface area contributed by atoms with Crippen molar-refractivity contribution in [1.82, 2.24) is 4.57 Å². The fraction of sp³-hybridized carbons (Fsp3) is 0.429. The lowest BCUT2D eigenvalue weighted by molar-refractivity contribution is 0.0523. The number of pyridine rings is 1. The van der Waals surface area contributed by atoms with E-state index in [2.05, 4.69) is 34.3 Å². The Kier molecular flexibility index (Phi) is 4.62. The van der Waals surface area contributed by atoms with Gasteiger partial charge in [0.15, 0.2) is 5.43 Å². The molecule has 1 atom stereocenters. The predicted octanol–water partition coefficient (Wildman–Crippen LogP) is 4.14. The summed E-state index contributed by atoms with van der Waals surface area (Å²) in [4.78, 5) is 24.9. The van der Waals surface area contributed by atoms with Gasteiger partial charge in [-0.05, 0) is 46.8 Å². The molecule has 2 aliphatic rings. The zero-order valence-electron chi connectivity index (χ0n) is 15.7. The summed E-state index contributed by atoms with van der Waals surface area (Å²) < 4.78 is 13.9. The van der Waals surface area contributed by atoms with E-state index in [1.165, 1.54) is 11.1 Å². The van der Waals surface area contributed by atoms with Gasteiger partial charge in [0.05, 0.1) is 23.4 Å². The first-order chi connectivity index (χ1) is 12.9. The Morgan fingerprint density at radius 3 is 2.85 bits per heavy atom. The van der Waals surface area contributed by atoms with Crippen LogP contribution in [0.2, 0.25) is 0 Å². The van der Waals surface area contributed by atoms with E-state index >= 15 is 0 Å². The lowest BCUT2D eigenvalue weighted by atomic mass is 9.84. The van der Waals surface area contributed by atoms with Crippen LogP contribution in [0.3, 0.4) is 0 Å². The van der Waals surface area contributed by atoms with E-state index in [9.17, 15) is 9.59 Å². The summed E-state index contributed by atoms with van der Waals surface area (Å²) in [5.41, 5.74) is 4.17. The Labute approximate surface area is 166 Å². The number of carbonyl (C=O) groups excluding carboxylic acids is 1. The van der Waals surface area contributed by atoms with Crippen molar-refractivity contribution in [3.63, 3.8) is 0 Å². The van der Waals surface area contributed by atoms with Crippen LogP contribution in [0.25, 0.3) is 11.3 Å². The molecule has 0 aliphatic carbocycles. The van der Waals surface area contributed by atoms with Crippen LogP contribution in [0.4, 0.5) is 0 Å². The van der Waals surface area contributed by atoms with Crippen LogP contribution in [-0.4, -0.2) is 23.8 Å². The highest BCUT2D eigenvalue weighted by Gasteiger charge is 2.32. The number of halogens is 1. The highest BCUT2D eigenvalue weighted by atomic mass is 79.9. The standard InChI is InChI=1S/C21H22BrNO4/c1-4-26-21(25)15-10-23-17(11(2)3)8-13-12-5-6-27-20(12)16(22)7-14(13)18(23)9-19(15)24/h7,9-11,17H,4-6,8H2,1-3H3/t17-/m0/s1. The number of nitrogens with zero attached hydrogens (tertiary/aromatic N) is 1. The summed E-state index contributed by atoms with van der Waals surface area (Å²) in [6.07, 6.45) is 3.41. The molecule has 142 valence electrons. The number of carbonyl (C=O) groups is 1. The SMILES string of the molecule is CCOC(=O)c1cn2c(cc1=O)-c1cc(Br)c3c(c1C[C@H]2C(C)C)CCO3. The van der Waals surface area contributed by atoms with Gasteiger partial charge in [0.2, 0.25) is 0 Å². The Morgan fingerprint density at radius 2 is 2.15 bits per heavy atom. The summed E-state index contributed by atoms with van der Waals surface area (Å²) in [5, 5.41) is 0. The number of hydrogen-bond acceptors (Lipinski definition) is 4. The molecule has 0 amide bonds. The molecule has 0 saturated heterocycles. The van der Waals surface area contributed by atoms with Gasteiger partial charge in [0, 0.05) is 35.9 Å². The van der Waals surface area contributed by atoms with E-state index in [0.717, 1.165) is 34.3 Å². The van der Waals surface area contributed by atoms with Gasteiger partial charge in [-0.15, -0.1) is 0 Å². The van der Waals surface area contributed by atoms with Crippen LogP contribution in [0, 0.1) is 5.92 Å². The second-order valence-electron chi connectivity index (χ2n) is 7.37. The highest BCUT2D eigenvalue weighted by Crippen LogP contribution is 2.46. The zero-order chi connectivity index (χ0) is 19.3. The van der Waals surface area contributed by atoms with Gasteiger partial charge in [-0.25, -0.2) is 4.79 Å². The molecule has 2 aliphatic heterocycles. The maximum atomic E-state index is 12.7. The number of hydrogen-bond donors (Lipinski definition) is 0. The Morgan fingerprint density at radius 1 is 1.37 bits per heavy atom. The third kappa shape index (κ3) is 2.90. The van der Waals surface area contributed by atoms with Gasteiger partial charge in [-0.2, -0.15) is 0 Å². The summed E-state index contributed by atoms with van der Waals surface area (Å²) >= 11 is 3.61. The number of ether oxygens (including phenoxy) is 2. The van der Waals surface area contributed by atoms with E-state index in [0.29, 0.717) is 12.5 Å². The number of esters is 1. The van der Waals surface area contributed by atoms with E-state index in [1.54, 1.807) is 19.2 Å². The molecule has 0 saturated carbocycles. The molecule has 1 aromatic heterocycles. The van der Waals surface area contributed by atoms with Crippen LogP contribution >= 0.6 is 15.9 Å². The average Bonchev–Trinajstić information content (AvgIpc) is 3.11. The number of fused-ring (bicyclic) bond motifs is 5.